The summed E-state index contributed by atoms with van der Waals surface area (Å²) in [6, 6.07) is 18.7. The minimum absolute atomic E-state index is 0.102. The van der Waals surface area contributed by atoms with Gasteiger partial charge in [0, 0.05) is 19.4 Å². The van der Waals surface area contributed by atoms with E-state index in [4.69, 9.17) is 32.7 Å². The Labute approximate surface area is 248 Å². The van der Waals surface area contributed by atoms with E-state index in [2.05, 4.69) is 0 Å². The third-order valence-corrected chi connectivity index (χ3v) is 8.19. The third-order valence-electron chi connectivity index (χ3n) is 6.42. The lowest BCUT2D eigenvalue weighted by molar-refractivity contribution is -0.170. The predicted molar refractivity (Wildman–Crippen MR) is 153 cm³/mol. The van der Waals surface area contributed by atoms with Gasteiger partial charge in [0.15, 0.2) is 18.7 Å². The van der Waals surface area contributed by atoms with Gasteiger partial charge in [0.2, 0.25) is 6.29 Å². The molecule has 232 valence electrons. The summed E-state index contributed by atoms with van der Waals surface area (Å²) in [5, 5.41) is 0. The number of methoxy groups -OCH3 is 1. The van der Waals surface area contributed by atoms with Gasteiger partial charge >= 0.3 is 19.3 Å². The molecular formula is C29H35N2O11P. The summed E-state index contributed by atoms with van der Waals surface area (Å²) in [4.78, 5) is 39.1. The van der Waals surface area contributed by atoms with E-state index in [0.717, 1.165) is 14.7 Å². The topological polar surface area (TPSA) is 143 Å². The Hall–Kier alpha value is -3.42. The van der Waals surface area contributed by atoms with Gasteiger partial charge in [-0.2, -0.15) is 0 Å². The van der Waals surface area contributed by atoms with Crippen molar-refractivity contribution in [1.82, 2.24) is 9.13 Å². The molecule has 4 atom stereocenters. The van der Waals surface area contributed by atoms with Gasteiger partial charge in [-0.25, -0.2) is 14.2 Å². The van der Waals surface area contributed by atoms with Crippen LogP contribution in [-0.2, 0) is 50.6 Å². The molecule has 43 heavy (non-hydrogen) atoms. The summed E-state index contributed by atoms with van der Waals surface area (Å²) in [5.41, 5.74) is -0.217. The van der Waals surface area contributed by atoms with Crippen LogP contribution in [-0.4, -0.2) is 60.3 Å². The van der Waals surface area contributed by atoms with Gasteiger partial charge in [0.25, 0.3) is 5.56 Å². The first-order valence-corrected chi connectivity index (χ1v) is 15.4. The van der Waals surface area contributed by atoms with Crippen LogP contribution < -0.4 is 11.2 Å². The van der Waals surface area contributed by atoms with E-state index in [1.165, 1.54) is 19.4 Å². The quantitative estimate of drug-likeness (QED) is 0.182. The Morgan fingerprint density at radius 2 is 1.58 bits per heavy atom. The van der Waals surface area contributed by atoms with Gasteiger partial charge in [0.1, 0.15) is 12.8 Å². The second-order valence-corrected chi connectivity index (χ2v) is 11.3. The van der Waals surface area contributed by atoms with E-state index < -0.39 is 55.9 Å². The Bertz CT molecular complexity index is 1490. The van der Waals surface area contributed by atoms with Crippen molar-refractivity contribution in [2.75, 3.05) is 26.7 Å². The van der Waals surface area contributed by atoms with E-state index >= 15 is 0 Å². The normalized spacial score (nSPS) is 20.3. The Kier molecular flexibility index (Phi) is 11.6. The minimum atomic E-state index is -3.69. The highest BCUT2D eigenvalue weighted by Gasteiger charge is 2.50. The fourth-order valence-corrected chi connectivity index (χ4v) is 5.79. The summed E-state index contributed by atoms with van der Waals surface area (Å²) in [7, 11) is -2.34. The number of carbonyl (C=O) groups excluding carboxylic acids is 1. The van der Waals surface area contributed by atoms with Gasteiger partial charge in [-0.15, -0.1) is 0 Å². The van der Waals surface area contributed by atoms with Crippen molar-refractivity contribution in [2.24, 2.45) is 0 Å². The summed E-state index contributed by atoms with van der Waals surface area (Å²) in [6.45, 7) is 3.37. The molecule has 0 unspecified atom stereocenters. The smallest absolute Gasteiger partial charge is 0.356 e. The number of aromatic nitrogens is 2. The predicted octanol–water partition coefficient (Wildman–Crippen LogP) is 3.52. The minimum Gasteiger partial charge on any atom is -0.450 e. The Morgan fingerprint density at radius 1 is 0.930 bits per heavy atom. The maximum atomic E-state index is 13.5. The molecule has 14 heteroatoms. The number of rotatable bonds is 15. The fourth-order valence-electron chi connectivity index (χ4n) is 4.45. The first-order valence-electron chi connectivity index (χ1n) is 13.7. The molecule has 0 spiro atoms. The van der Waals surface area contributed by atoms with Crippen molar-refractivity contribution in [1.29, 1.82) is 0 Å². The third kappa shape index (κ3) is 8.15. The second kappa shape index (κ2) is 15.3. The number of hydrogen-bond acceptors (Lipinski definition) is 11. The average Bonchev–Trinajstić information content (AvgIpc) is 3.35. The second-order valence-electron chi connectivity index (χ2n) is 9.31. The summed E-state index contributed by atoms with van der Waals surface area (Å²) >= 11 is 0. The van der Waals surface area contributed by atoms with E-state index in [1.54, 1.807) is 44.2 Å². The molecule has 0 aliphatic carbocycles. The zero-order chi connectivity index (χ0) is 30.8. The number of esters is 1. The van der Waals surface area contributed by atoms with Crippen LogP contribution in [0.5, 0.6) is 0 Å². The average molecular weight is 619 g/mol. The van der Waals surface area contributed by atoms with Gasteiger partial charge < -0.3 is 32.7 Å². The first kappa shape index (κ1) is 32.5. The van der Waals surface area contributed by atoms with E-state index in [1.807, 2.05) is 30.3 Å². The standard InChI is InChI=1S/C29H35N2O11P/c1-4-39-43(35,40-5-2)20-38-28-25(41-27(33)22-14-10-7-11-15-22)24(36-3)26(42-28)30-17-16-23(32)31(29(30)34)19-37-18-21-12-8-6-9-13-21/h6-17,24-26,28H,4-5,18-20H2,1-3H3/t24-,25+,26-,28+/m1/s1. The van der Waals surface area contributed by atoms with Crippen LogP contribution in [0.4, 0.5) is 0 Å². The highest BCUT2D eigenvalue weighted by atomic mass is 31.2. The lowest BCUT2D eigenvalue weighted by Crippen LogP contribution is -2.44. The highest BCUT2D eigenvalue weighted by Crippen LogP contribution is 2.49. The lowest BCUT2D eigenvalue weighted by atomic mass is 10.2. The van der Waals surface area contributed by atoms with Gasteiger partial charge in [-0.3, -0.25) is 13.9 Å². The molecule has 1 saturated heterocycles. The zero-order valence-electron chi connectivity index (χ0n) is 24.1. The summed E-state index contributed by atoms with van der Waals surface area (Å²) < 4.78 is 54.6. The molecule has 2 heterocycles. The van der Waals surface area contributed by atoms with E-state index in [-0.39, 0.29) is 32.1 Å². The van der Waals surface area contributed by atoms with Crippen LogP contribution in [0.1, 0.15) is 36.0 Å². The van der Waals surface area contributed by atoms with E-state index in [9.17, 15) is 18.9 Å². The molecule has 1 aromatic heterocycles. The molecule has 0 N–H and O–H groups in total. The van der Waals surface area contributed by atoms with Crippen LogP contribution in [0.15, 0.2) is 82.5 Å². The van der Waals surface area contributed by atoms with Crippen molar-refractivity contribution in [3.63, 3.8) is 0 Å². The number of ether oxygens (including phenoxy) is 5. The van der Waals surface area contributed by atoms with Crippen LogP contribution >= 0.6 is 7.60 Å². The molecular weight excluding hydrogens is 583 g/mol. The number of nitrogens with zero attached hydrogens (tertiary/aromatic N) is 2. The first-order chi connectivity index (χ1) is 20.8. The maximum absolute atomic E-state index is 13.5. The molecule has 3 aromatic rings. The van der Waals surface area contributed by atoms with Crippen molar-refractivity contribution in [2.45, 2.75) is 51.9 Å². The van der Waals surface area contributed by atoms with Crippen molar-refractivity contribution in [3.8, 4) is 0 Å². The molecule has 1 fully saturated rings. The largest absolute Gasteiger partial charge is 0.450 e. The molecule has 0 bridgehead atoms. The van der Waals surface area contributed by atoms with Crippen LogP contribution in [0.3, 0.4) is 0 Å². The SMILES string of the molecule is CCOP(=O)(CO[C@H]1O[C@@H](n2ccc(=O)n(COCc3ccccc3)c2=O)[C@H](OC)[C@@H]1OC(=O)c1ccccc1)OCC. The molecule has 13 nitrogen and oxygen atoms in total. The molecule has 0 radical (unpaired) electrons. The number of carbonyl (C=O) groups is 1. The van der Waals surface area contributed by atoms with Crippen LogP contribution in [0.25, 0.3) is 0 Å². The van der Waals surface area contributed by atoms with Crippen molar-refractivity contribution in [3.05, 3.63) is 105 Å². The molecule has 0 saturated carbocycles. The van der Waals surface area contributed by atoms with Crippen LogP contribution in [0.2, 0.25) is 0 Å². The summed E-state index contributed by atoms with van der Waals surface area (Å²) in [5.74, 6) is -0.699. The van der Waals surface area contributed by atoms with Crippen molar-refractivity contribution < 1.29 is 42.1 Å². The highest BCUT2D eigenvalue weighted by molar-refractivity contribution is 7.53. The number of hydrogen-bond donors (Lipinski definition) is 0. The zero-order valence-corrected chi connectivity index (χ0v) is 25.0. The molecule has 2 aromatic carbocycles. The van der Waals surface area contributed by atoms with Gasteiger partial charge in [-0.1, -0.05) is 48.5 Å². The summed E-state index contributed by atoms with van der Waals surface area (Å²) in [6.07, 6.45) is -4.14. The van der Waals surface area contributed by atoms with Crippen LogP contribution in [0, 0.1) is 0 Å². The molecule has 1 aliphatic heterocycles. The maximum Gasteiger partial charge on any atom is 0.356 e. The fraction of sp³-hybridized carbons (Fsp3) is 0.414. The lowest BCUT2D eigenvalue weighted by Gasteiger charge is -2.24. The Morgan fingerprint density at radius 3 is 2.21 bits per heavy atom. The van der Waals surface area contributed by atoms with Gasteiger partial charge in [-0.05, 0) is 31.5 Å². The Balaban J connectivity index is 1.61. The number of benzene rings is 2. The molecule has 4 rings (SSSR count). The van der Waals surface area contributed by atoms with Gasteiger partial charge in [0.05, 0.1) is 25.4 Å². The molecule has 1 aliphatic rings. The van der Waals surface area contributed by atoms with Crippen molar-refractivity contribution >= 4 is 13.6 Å². The van der Waals surface area contributed by atoms with E-state index in [0.29, 0.717) is 0 Å². The molecule has 0 amide bonds. The monoisotopic (exact) mass is 618 g/mol.